The molecule has 2 aromatic heterocycles. The van der Waals surface area contributed by atoms with Gasteiger partial charge in [-0.15, -0.1) is 0 Å². The molecule has 18 nitrogen and oxygen atoms in total. The molecule has 1 saturated heterocycles. The third-order valence-electron chi connectivity index (χ3n) is 10.6. The standard InChI is InChI=1S/C40H47N7O11/c1-44-39(43)47-25(9-12-48)30-21(5-3-20-4-6-28(41)46-17-20)14-23-32(34(30)51)35(52)31-24(33(23)50)15-22(56-2)16-26(31)57-38-36(53)37(54)40(55,27(18-49)58-38)10-7-19-8-11-45-29(42)13-19/h4,6,8,11,13-17,25,27,36-38,48-49,51,53-55H,3,5,7,9-10,12,18H2,1-2H3,(H2,41,46)(H2,42,45)(H3,43,44,47)/t25-,27+,36+,37+,38+,40+/m0/s1. The van der Waals surface area contributed by atoms with Gasteiger partial charge in [0.15, 0.2) is 11.7 Å². The number of ether oxygens (including phenoxy) is 3. The number of nitrogens with zero attached hydrogens (tertiary/aromatic N) is 3. The van der Waals surface area contributed by atoms with E-state index in [0.717, 1.165) is 5.56 Å². The van der Waals surface area contributed by atoms with E-state index in [1.165, 1.54) is 38.6 Å². The van der Waals surface area contributed by atoms with Gasteiger partial charge < -0.3 is 67.4 Å². The summed E-state index contributed by atoms with van der Waals surface area (Å²) in [7, 11) is 2.77. The van der Waals surface area contributed by atoms with Gasteiger partial charge in [0.2, 0.25) is 12.1 Å². The molecule has 58 heavy (non-hydrogen) atoms. The number of pyridine rings is 2. The highest BCUT2D eigenvalue weighted by molar-refractivity contribution is 6.30. The molecular formula is C40H47N7O11. The van der Waals surface area contributed by atoms with Gasteiger partial charge in [0.25, 0.3) is 0 Å². The Morgan fingerprint density at radius 3 is 2.40 bits per heavy atom. The molecule has 0 unspecified atom stereocenters. The predicted molar refractivity (Wildman–Crippen MR) is 209 cm³/mol. The Balaban J connectivity index is 1.39. The van der Waals surface area contributed by atoms with Crippen molar-refractivity contribution in [2.75, 3.05) is 38.8 Å². The Hall–Kier alpha value is -5.89. The number of methoxy groups -OCH3 is 1. The van der Waals surface area contributed by atoms with Crippen LogP contribution in [0.1, 0.15) is 73.0 Å². The molecule has 18 heteroatoms. The van der Waals surface area contributed by atoms with Crippen molar-refractivity contribution in [3.63, 3.8) is 0 Å². The van der Waals surface area contributed by atoms with Crippen molar-refractivity contribution < 1.29 is 54.4 Å². The van der Waals surface area contributed by atoms with Gasteiger partial charge in [-0.3, -0.25) is 14.6 Å². The second kappa shape index (κ2) is 17.3. The summed E-state index contributed by atoms with van der Waals surface area (Å²) in [6, 6.07) is 9.92. The third kappa shape index (κ3) is 8.11. The van der Waals surface area contributed by atoms with Crippen LogP contribution in [0, 0.1) is 0 Å². The largest absolute Gasteiger partial charge is 0.507 e. The number of fused-ring (bicyclic) bond motifs is 2. The second-order valence-electron chi connectivity index (χ2n) is 14.1. The summed E-state index contributed by atoms with van der Waals surface area (Å²) in [5, 5.41) is 69.6. The third-order valence-corrected chi connectivity index (χ3v) is 10.6. The topological polar surface area (TPSA) is 311 Å². The number of ketones is 2. The number of hydrogen-bond donors (Lipinski definition) is 10. The number of aromatic hydroxyl groups is 1. The highest BCUT2D eigenvalue weighted by atomic mass is 16.7. The predicted octanol–water partition coefficient (Wildman–Crippen LogP) is 0.0551. The summed E-state index contributed by atoms with van der Waals surface area (Å²) in [5.74, 6) is -1.74. The van der Waals surface area contributed by atoms with Crippen molar-refractivity contribution in [3.05, 3.63) is 99.4 Å². The molecular weight excluding hydrogens is 754 g/mol. The Morgan fingerprint density at radius 1 is 0.983 bits per heavy atom. The highest BCUT2D eigenvalue weighted by Crippen LogP contribution is 2.45. The molecule has 0 saturated carbocycles. The smallest absolute Gasteiger partial charge is 0.229 e. The van der Waals surface area contributed by atoms with E-state index in [4.69, 9.17) is 31.4 Å². The van der Waals surface area contributed by atoms with Crippen molar-refractivity contribution in [2.45, 2.75) is 68.3 Å². The molecule has 0 spiro atoms. The molecule has 1 fully saturated rings. The van der Waals surface area contributed by atoms with Crippen molar-refractivity contribution in [1.82, 2.24) is 15.3 Å². The van der Waals surface area contributed by atoms with E-state index in [9.17, 15) is 40.2 Å². The van der Waals surface area contributed by atoms with Crippen molar-refractivity contribution >= 4 is 29.2 Å². The van der Waals surface area contributed by atoms with Crippen LogP contribution < -0.4 is 32.0 Å². The van der Waals surface area contributed by atoms with Crippen LogP contribution in [0.2, 0.25) is 0 Å². The van der Waals surface area contributed by atoms with Crippen LogP contribution in [0.15, 0.2) is 59.9 Å². The quantitative estimate of drug-likeness (QED) is 0.0524. The number of nitrogens with one attached hydrogen (secondary N) is 1. The Bertz CT molecular complexity index is 2200. The van der Waals surface area contributed by atoms with Crippen LogP contribution in [0.3, 0.4) is 0 Å². The fourth-order valence-electron chi connectivity index (χ4n) is 7.47. The van der Waals surface area contributed by atoms with Crippen LogP contribution in [-0.2, 0) is 24.0 Å². The van der Waals surface area contributed by atoms with E-state index in [1.807, 2.05) is 0 Å². The molecule has 2 aliphatic rings. The van der Waals surface area contributed by atoms with Gasteiger partial charge >= 0.3 is 0 Å². The average Bonchev–Trinajstić information content (AvgIpc) is 3.21. The first kappa shape index (κ1) is 41.7. The number of aromatic nitrogens is 2. The minimum Gasteiger partial charge on any atom is -0.507 e. The summed E-state index contributed by atoms with van der Waals surface area (Å²) < 4.78 is 17.4. The first-order chi connectivity index (χ1) is 27.7. The molecule has 1 aliphatic carbocycles. The summed E-state index contributed by atoms with van der Waals surface area (Å²) in [5.41, 5.74) is 16.6. The summed E-state index contributed by atoms with van der Waals surface area (Å²) in [6.07, 6.45) is -3.39. The Kier molecular flexibility index (Phi) is 12.5. The number of guanidine groups is 1. The van der Waals surface area contributed by atoms with Crippen LogP contribution in [0.25, 0.3) is 0 Å². The summed E-state index contributed by atoms with van der Waals surface area (Å²) in [6.45, 7) is -1.15. The molecule has 2 aromatic carbocycles. The fourth-order valence-corrected chi connectivity index (χ4v) is 7.47. The zero-order valence-corrected chi connectivity index (χ0v) is 31.8. The van der Waals surface area contributed by atoms with E-state index in [2.05, 4.69) is 20.3 Å². The lowest BCUT2D eigenvalue weighted by Gasteiger charge is -2.47. The molecule has 1 aliphatic heterocycles. The molecule has 6 atom stereocenters. The molecule has 3 heterocycles. The van der Waals surface area contributed by atoms with Crippen LogP contribution in [0.5, 0.6) is 17.2 Å². The zero-order valence-electron chi connectivity index (χ0n) is 31.8. The first-order valence-corrected chi connectivity index (χ1v) is 18.5. The maximum absolute atomic E-state index is 14.7. The van der Waals surface area contributed by atoms with Crippen LogP contribution in [-0.4, -0.2) is 116 Å². The molecule has 308 valence electrons. The van der Waals surface area contributed by atoms with Gasteiger partial charge in [0.05, 0.1) is 30.9 Å². The Labute approximate surface area is 332 Å². The van der Waals surface area contributed by atoms with Crippen LogP contribution >= 0.6 is 0 Å². The normalized spacial score (nSPS) is 22.2. The lowest BCUT2D eigenvalue weighted by molar-refractivity contribution is -0.314. The van der Waals surface area contributed by atoms with E-state index in [-0.39, 0.29) is 83.4 Å². The highest BCUT2D eigenvalue weighted by Gasteiger charge is 2.55. The second-order valence-corrected chi connectivity index (χ2v) is 14.1. The van der Waals surface area contributed by atoms with E-state index in [0.29, 0.717) is 23.4 Å². The summed E-state index contributed by atoms with van der Waals surface area (Å²) in [4.78, 5) is 41.1. The number of carbonyl (C=O) groups is 2. The number of aliphatic hydroxyl groups excluding tert-OH is 4. The lowest BCUT2D eigenvalue weighted by atomic mass is 9.78. The average molecular weight is 802 g/mol. The van der Waals surface area contributed by atoms with Crippen molar-refractivity contribution in [3.8, 4) is 17.2 Å². The van der Waals surface area contributed by atoms with Crippen molar-refractivity contribution in [2.24, 2.45) is 10.7 Å². The van der Waals surface area contributed by atoms with Crippen LogP contribution in [0.4, 0.5) is 11.6 Å². The van der Waals surface area contributed by atoms with Gasteiger partial charge in [0, 0.05) is 48.8 Å². The first-order valence-electron chi connectivity index (χ1n) is 18.5. The number of rotatable bonds is 14. The molecule has 0 radical (unpaired) electrons. The molecule has 13 N–H and O–H groups in total. The van der Waals surface area contributed by atoms with Gasteiger partial charge in [-0.2, -0.15) is 0 Å². The number of aliphatic imine (C=N–C) groups is 1. The monoisotopic (exact) mass is 801 g/mol. The maximum atomic E-state index is 14.7. The van der Waals surface area contributed by atoms with E-state index < -0.39 is 60.2 Å². The number of phenols is 1. The number of benzene rings is 2. The fraction of sp³-hybridized carbons (Fsp3) is 0.375. The van der Waals surface area contributed by atoms with Crippen molar-refractivity contribution in [1.29, 1.82) is 0 Å². The summed E-state index contributed by atoms with van der Waals surface area (Å²) >= 11 is 0. The lowest BCUT2D eigenvalue weighted by Crippen LogP contribution is -2.68. The number of anilines is 2. The number of nitrogen functional groups attached to an aromatic ring is 2. The number of nitrogens with two attached hydrogens (primary N) is 3. The zero-order chi connectivity index (χ0) is 41.9. The minimum absolute atomic E-state index is 0.0110. The number of hydrogen-bond acceptors (Lipinski definition) is 16. The number of aliphatic hydroxyl groups is 5. The number of carbonyl (C=O) groups excluding carboxylic acids is 2. The number of phenolic OH excluding ortho intramolecular Hbond substituents is 1. The van der Waals surface area contributed by atoms with E-state index >= 15 is 0 Å². The molecule has 6 rings (SSSR count). The van der Waals surface area contributed by atoms with E-state index in [1.54, 1.807) is 30.5 Å². The molecule has 4 aromatic rings. The molecule has 0 bridgehead atoms. The van der Waals surface area contributed by atoms with Gasteiger partial charge in [-0.25, -0.2) is 9.97 Å². The molecule has 0 amide bonds. The van der Waals surface area contributed by atoms with Gasteiger partial charge in [0.1, 0.15) is 52.8 Å². The number of aryl methyl sites for hydroxylation is 3. The maximum Gasteiger partial charge on any atom is 0.229 e. The Morgan fingerprint density at radius 2 is 1.74 bits per heavy atom. The van der Waals surface area contributed by atoms with Gasteiger partial charge in [-0.05, 0) is 79.1 Å². The SMILES string of the molecule is CN=C(N)N[C@@H](CCO)c1c(CCc2ccc(N)nc2)cc2c(c1O)C(=O)c1c(O[C@@H]3O[C@H](CO)[C@](O)(CCc4ccnc(N)c4)[C@H](O)[C@H]3O)cc(OC)cc1C2=O. The van der Waals surface area contributed by atoms with Gasteiger partial charge in [-0.1, -0.05) is 6.07 Å². The minimum atomic E-state index is -2.17.